The zero-order valence-electron chi connectivity index (χ0n) is 19.7. The maximum Gasteiger partial charge on any atom is 0.296 e. The van der Waals surface area contributed by atoms with E-state index < -0.39 is 12.2 Å². The normalized spacial score (nSPS) is 20.6. The molecule has 1 aliphatic carbocycles. The molecule has 3 heterocycles. The molecule has 36 heavy (non-hydrogen) atoms. The lowest BCUT2D eigenvalue weighted by Crippen LogP contribution is -2.42. The predicted molar refractivity (Wildman–Crippen MR) is 129 cm³/mol. The number of carbonyl (C=O) groups excluding carboxylic acids is 1. The third kappa shape index (κ3) is 5.21. The standard InChI is InChI=1S/C23H29F2N9O2/c24-19(25)20-29-16-3-1-2-4-17(16)34(20)23-31-21(30-22(32-23)33-9-11-36-12-10-33)28-15-7-5-14(6-8-15)27-18(35)13-26/h1-4,14-15,19H,5-13,26H2,(H,27,35)(H,28,30,31,32)/t14-,15-. The molecular formula is C23H29F2N9O2. The molecule has 11 nitrogen and oxygen atoms in total. The highest BCUT2D eigenvalue weighted by Gasteiger charge is 2.26. The molecule has 0 radical (unpaired) electrons. The highest BCUT2D eigenvalue weighted by atomic mass is 19.3. The van der Waals surface area contributed by atoms with E-state index in [4.69, 9.17) is 10.5 Å². The zero-order valence-corrected chi connectivity index (χ0v) is 19.7. The smallest absolute Gasteiger partial charge is 0.296 e. The van der Waals surface area contributed by atoms with Crippen LogP contribution >= 0.6 is 0 Å². The number of hydrogen-bond donors (Lipinski definition) is 3. The van der Waals surface area contributed by atoms with E-state index in [2.05, 4.69) is 30.6 Å². The fraction of sp³-hybridized carbons (Fsp3) is 0.522. The number of nitrogens with zero attached hydrogens (tertiary/aromatic N) is 6. The Balaban J connectivity index is 1.46. The Morgan fingerprint density at radius 3 is 2.44 bits per heavy atom. The quantitative estimate of drug-likeness (QED) is 0.443. The molecule has 1 saturated heterocycles. The Morgan fingerprint density at radius 2 is 1.72 bits per heavy atom. The molecule has 2 fully saturated rings. The molecule has 192 valence electrons. The van der Waals surface area contributed by atoms with Gasteiger partial charge in [0.15, 0.2) is 5.82 Å². The first kappa shape index (κ1) is 24.3. The molecule has 0 bridgehead atoms. The number of para-hydroxylation sites is 2. The number of nitrogens with two attached hydrogens (primary N) is 1. The number of hydrogen-bond acceptors (Lipinski definition) is 9. The third-order valence-corrected chi connectivity index (χ3v) is 6.50. The molecule has 13 heteroatoms. The van der Waals surface area contributed by atoms with E-state index in [0.29, 0.717) is 49.2 Å². The fourth-order valence-electron chi connectivity index (χ4n) is 4.68. The van der Waals surface area contributed by atoms with Crippen LogP contribution in [-0.2, 0) is 9.53 Å². The molecule has 5 rings (SSSR count). The predicted octanol–water partition coefficient (Wildman–Crippen LogP) is 1.78. The number of aromatic nitrogens is 5. The summed E-state index contributed by atoms with van der Waals surface area (Å²) in [6.07, 6.45) is 0.356. The zero-order chi connectivity index (χ0) is 25.1. The molecule has 2 aromatic heterocycles. The second-order valence-corrected chi connectivity index (χ2v) is 8.92. The van der Waals surface area contributed by atoms with Crippen LogP contribution in [0.3, 0.4) is 0 Å². The highest BCUT2D eigenvalue weighted by molar-refractivity contribution is 5.78. The van der Waals surface area contributed by atoms with Gasteiger partial charge in [0.1, 0.15) is 0 Å². The van der Waals surface area contributed by atoms with Crippen molar-refractivity contribution in [3.05, 3.63) is 30.1 Å². The Morgan fingerprint density at radius 1 is 1.03 bits per heavy atom. The minimum absolute atomic E-state index is 0.0281. The molecule has 1 saturated carbocycles. The van der Waals surface area contributed by atoms with Gasteiger partial charge in [-0.2, -0.15) is 15.0 Å². The van der Waals surface area contributed by atoms with E-state index >= 15 is 0 Å². The number of imidazole rings is 1. The van der Waals surface area contributed by atoms with Crippen LogP contribution in [0.25, 0.3) is 17.0 Å². The fourth-order valence-corrected chi connectivity index (χ4v) is 4.68. The van der Waals surface area contributed by atoms with Gasteiger partial charge in [-0.15, -0.1) is 0 Å². The number of halogens is 2. The monoisotopic (exact) mass is 501 g/mol. The van der Waals surface area contributed by atoms with Gasteiger partial charge in [-0.05, 0) is 37.8 Å². The van der Waals surface area contributed by atoms with Gasteiger partial charge < -0.3 is 26.0 Å². The summed E-state index contributed by atoms with van der Waals surface area (Å²) >= 11 is 0. The second kappa shape index (κ2) is 10.7. The van der Waals surface area contributed by atoms with Crippen LogP contribution in [0, 0.1) is 0 Å². The van der Waals surface area contributed by atoms with Crippen LogP contribution in [0.5, 0.6) is 0 Å². The Labute approximate surface area is 206 Å². The lowest BCUT2D eigenvalue weighted by atomic mass is 9.91. The molecular weight excluding hydrogens is 472 g/mol. The molecule has 4 N–H and O–H groups in total. The number of nitrogens with one attached hydrogen (secondary N) is 2. The van der Waals surface area contributed by atoms with Gasteiger partial charge in [0.05, 0.1) is 30.8 Å². The van der Waals surface area contributed by atoms with Gasteiger partial charge in [0.25, 0.3) is 6.43 Å². The summed E-state index contributed by atoms with van der Waals surface area (Å²) in [4.78, 5) is 31.4. The van der Waals surface area contributed by atoms with Gasteiger partial charge in [-0.25, -0.2) is 13.8 Å². The van der Waals surface area contributed by atoms with Crippen molar-refractivity contribution in [3.8, 4) is 5.95 Å². The maximum absolute atomic E-state index is 14.0. The van der Waals surface area contributed by atoms with Crippen molar-refractivity contribution in [2.24, 2.45) is 5.73 Å². The molecule has 2 aliphatic rings. The van der Waals surface area contributed by atoms with Crippen LogP contribution in [0.2, 0.25) is 0 Å². The topological polar surface area (TPSA) is 136 Å². The van der Waals surface area contributed by atoms with E-state index in [-0.39, 0.29) is 30.5 Å². The summed E-state index contributed by atoms with van der Waals surface area (Å²) in [6.45, 7) is 2.19. The lowest BCUT2D eigenvalue weighted by molar-refractivity contribution is -0.120. The lowest BCUT2D eigenvalue weighted by Gasteiger charge is -2.30. The van der Waals surface area contributed by atoms with Crippen molar-refractivity contribution >= 4 is 28.8 Å². The molecule has 1 aliphatic heterocycles. The van der Waals surface area contributed by atoms with Crippen LogP contribution in [-0.4, -0.2) is 75.3 Å². The number of anilines is 2. The molecule has 0 atom stereocenters. The van der Waals surface area contributed by atoms with E-state index in [1.165, 1.54) is 4.57 Å². The van der Waals surface area contributed by atoms with Crippen LogP contribution in [0.4, 0.5) is 20.7 Å². The third-order valence-electron chi connectivity index (χ3n) is 6.50. The SMILES string of the molecule is NCC(=O)N[C@H]1CC[C@H](Nc2nc(N3CCOCC3)nc(-n3c(C(F)F)nc4ccccc43)n2)CC1. The van der Waals surface area contributed by atoms with E-state index in [9.17, 15) is 13.6 Å². The maximum atomic E-state index is 14.0. The Kier molecular flexibility index (Phi) is 7.18. The molecule has 0 unspecified atom stereocenters. The number of rotatable bonds is 7. The highest BCUT2D eigenvalue weighted by Crippen LogP contribution is 2.28. The van der Waals surface area contributed by atoms with Crippen molar-refractivity contribution in [2.45, 2.75) is 44.2 Å². The number of ether oxygens (including phenoxy) is 1. The van der Waals surface area contributed by atoms with Crippen molar-refractivity contribution in [1.29, 1.82) is 0 Å². The first-order valence-corrected chi connectivity index (χ1v) is 12.1. The van der Waals surface area contributed by atoms with Crippen LogP contribution in [0.15, 0.2) is 24.3 Å². The van der Waals surface area contributed by atoms with Crippen LogP contribution < -0.4 is 21.3 Å². The molecule has 3 aromatic rings. The second-order valence-electron chi connectivity index (χ2n) is 8.92. The summed E-state index contributed by atoms with van der Waals surface area (Å²) in [6, 6.07) is 7.07. The van der Waals surface area contributed by atoms with Gasteiger partial charge in [0.2, 0.25) is 23.8 Å². The first-order chi connectivity index (χ1) is 17.5. The van der Waals surface area contributed by atoms with Crippen molar-refractivity contribution in [2.75, 3.05) is 43.1 Å². The Hall–Kier alpha value is -3.45. The van der Waals surface area contributed by atoms with Gasteiger partial charge in [0, 0.05) is 25.2 Å². The number of morpholine rings is 1. The molecule has 1 amide bonds. The summed E-state index contributed by atoms with van der Waals surface area (Å²) in [5.74, 6) is 0.215. The van der Waals surface area contributed by atoms with Gasteiger partial charge >= 0.3 is 0 Å². The molecule has 1 aromatic carbocycles. The van der Waals surface area contributed by atoms with Crippen molar-refractivity contribution < 1.29 is 18.3 Å². The molecule has 0 spiro atoms. The van der Waals surface area contributed by atoms with Crippen molar-refractivity contribution in [1.82, 2.24) is 29.8 Å². The number of benzene rings is 1. The average Bonchev–Trinajstić information content (AvgIpc) is 3.30. The van der Waals surface area contributed by atoms with E-state index in [0.717, 1.165) is 25.7 Å². The number of carbonyl (C=O) groups is 1. The van der Waals surface area contributed by atoms with E-state index in [1.807, 2.05) is 4.90 Å². The average molecular weight is 502 g/mol. The van der Waals surface area contributed by atoms with Crippen molar-refractivity contribution in [3.63, 3.8) is 0 Å². The minimum atomic E-state index is -2.81. The van der Waals surface area contributed by atoms with Crippen LogP contribution in [0.1, 0.15) is 37.9 Å². The minimum Gasteiger partial charge on any atom is -0.378 e. The number of fused-ring (bicyclic) bond motifs is 1. The van der Waals surface area contributed by atoms with Gasteiger partial charge in [-0.1, -0.05) is 12.1 Å². The summed E-state index contributed by atoms with van der Waals surface area (Å²) in [7, 11) is 0. The summed E-state index contributed by atoms with van der Waals surface area (Å²) < 4.78 is 34.7. The summed E-state index contributed by atoms with van der Waals surface area (Å²) in [5.41, 5.74) is 6.33. The van der Waals surface area contributed by atoms with Gasteiger partial charge in [-0.3, -0.25) is 9.36 Å². The number of alkyl halides is 2. The first-order valence-electron chi connectivity index (χ1n) is 12.1. The summed E-state index contributed by atoms with van der Waals surface area (Å²) in [5, 5.41) is 6.30. The number of amides is 1. The Bertz CT molecular complexity index is 1210. The van der Waals surface area contributed by atoms with E-state index in [1.54, 1.807) is 24.3 Å². The largest absolute Gasteiger partial charge is 0.378 e.